The maximum absolute atomic E-state index is 10.9. The first kappa shape index (κ1) is 14.0. The molecule has 0 bridgehead atoms. The van der Waals surface area contributed by atoms with Gasteiger partial charge in [0.05, 0.1) is 29.0 Å². The average molecular weight is 272 g/mol. The second kappa shape index (κ2) is 5.53. The number of rotatable bonds is 3. The third kappa shape index (κ3) is 2.45. The first-order valence-corrected chi connectivity index (χ1v) is 4.84. The fourth-order valence-electron chi connectivity index (χ4n) is 1.61. The van der Waals surface area contributed by atoms with Crippen molar-refractivity contribution >= 4 is 18.1 Å². The van der Waals surface area contributed by atoms with E-state index >= 15 is 0 Å². The van der Waals surface area contributed by atoms with Gasteiger partial charge in [0.25, 0.3) is 5.69 Å². The number of hydrogen-bond donors (Lipinski definition) is 1. The third-order valence-corrected chi connectivity index (χ3v) is 2.43. The summed E-state index contributed by atoms with van der Waals surface area (Å²) in [6.07, 6.45) is 0.000480. The van der Waals surface area contributed by atoms with E-state index in [1.165, 1.54) is 12.1 Å². The standard InChI is InChI=1S/C10H9N3O4.ClH/c11-2-1-7(12)6-3-9-10(17-5-16-9)4-8(6)13(14)15;/h3-4,7H,1,5,12H2;1H/t7-;/m0./s1. The van der Waals surface area contributed by atoms with Crippen LogP contribution in [0.4, 0.5) is 5.69 Å². The molecule has 0 unspecified atom stereocenters. The summed E-state index contributed by atoms with van der Waals surface area (Å²) in [4.78, 5) is 10.4. The lowest BCUT2D eigenvalue weighted by atomic mass is 10.0. The molecule has 2 N–H and O–H groups in total. The van der Waals surface area contributed by atoms with Gasteiger partial charge in [-0.3, -0.25) is 10.1 Å². The highest BCUT2D eigenvalue weighted by molar-refractivity contribution is 5.85. The molecule has 1 aliphatic heterocycles. The number of nitrogens with two attached hydrogens (primary N) is 1. The number of halogens is 1. The van der Waals surface area contributed by atoms with Crippen LogP contribution in [0, 0.1) is 21.4 Å². The van der Waals surface area contributed by atoms with Crippen molar-refractivity contribution in [3.8, 4) is 17.6 Å². The van der Waals surface area contributed by atoms with Gasteiger partial charge < -0.3 is 15.2 Å². The van der Waals surface area contributed by atoms with E-state index in [2.05, 4.69) is 0 Å². The van der Waals surface area contributed by atoms with Gasteiger partial charge in [-0.05, 0) is 6.07 Å². The van der Waals surface area contributed by atoms with Gasteiger partial charge in [-0.1, -0.05) is 0 Å². The number of benzene rings is 1. The predicted molar refractivity (Wildman–Crippen MR) is 63.6 cm³/mol. The van der Waals surface area contributed by atoms with Crippen LogP contribution in [0.15, 0.2) is 12.1 Å². The molecule has 0 aliphatic carbocycles. The van der Waals surface area contributed by atoms with Crippen molar-refractivity contribution in [1.29, 1.82) is 5.26 Å². The Bertz CT molecular complexity index is 515. The van der Waals surface area contributed by atoms with Crippen LogP contribution in [0.5, 0.6) is 11.5 Å². The number of ether oxygens (including phenoxy) is 2. The molecule has 96 valence electrons. The molecule has 0 saturated carbocycles. The van der Waals surface area contributed by atoms with Crippen LogP contribution in [0.1, 0.15) is 18.0 Å². The van der Waals surface area contributed by atoms with Gasteiger partial charge in [0.15, 0.2) is 11.5 Å². The SMILES string of the molecule is Cl.N#CC[C@H](N)c1cc2c(cc1[N+](=O)[O-])OCO2. The summed E-state index contributed by atoms with van der Waals surface area (Å²) in [7, 11) is 0. The van der Waals surface area contributed by atoms with Gasteiger partial charge in [0.1, 0.15) is 0 Å². The van der Waals surface area contributed by atoms with E-state index < -0.39 is 11.0 Å². The molecule has 1 atom stereocenters. The molecule has 1 aromatic rings. The van der Waals surface area contributed by atoms with Crippen LogP contribution in [-0.2, 0) is 0 Å². The molecule has 1 aliphatic rings. The quantitative estimate of drug-likeness (QED) is 0.661. The first-order chi connectivity index (χ1) is 8.13. The monoisotopic (exact) mass is 271 g/mol. The molecule has 0 aromatic heterocycles. The summed E-state index contributed by atoms with van der Waals surface area (Å²) < 4.78 is 10.2. The zero-order chi connectivity index (χ0) is 12.4. The van der Waals surface area contributed by atoms with Crippen molar-refractivity contribution < 1.29 is 14.4 Å². The van der Waals surface area contributed by atoms with Crippen LogP contribution in [0.3, 0.4) is 0 Å². The van der Waals surface area contributed by atoms with E-state index in [1.54, 1.807) is 0 Å². The van der Waals surface area contributed by atoms with E-state index in [0.717, 1.165) is 0 Å². The fraction of sp³-hybridized carbons (Fsp3) is 0.300. The Kier molecular flexibility index (Phi) is 4.31. The number of nitro groups is 1. The molecule has 0 saturated heterocycles. The Morgan fingerprint density at radius 1 is 1.50 bits per heavy atom. The topological polar surface area (TPSA) is 111 Å². The summed E-state index contributed by atoms with van der Waals surface area (Å²) >= 11 is 0. The number of hydrogen-bond acceptors (Lipinski definition) is 6. The lowest BCUT2D eigenvalue weighted by Crippen LogP contribution is -2.11. The van der Waals surface area contributed by atoms with Crippen LogP contribution in [0.2, 0.25) is 0 Å². The molecule has 2 rings (SSSR count). The lowest BCUT2D eigenvalue weighted by molar-refractivity contribution is -0.385. The number of nitro benzene ring substituents is 1. The van der Waals surface area contributed by atoms with Crippen molar-refractivity contribution in [2.75, 3.05) is 6.79 Å². The Balaban J connectivity index is 0.00000162. The number of nitrogens with zero attached hydrogens (tertiary/aromatic N) is 2. The molecule has 7 nitrogen and oxygen atoms in total. The summed E-state index contributed by atoms with van der Waals surface area (Å²) in [6.45, 7) is 0.0312. The van der Waals surface area contributed by atoms with Crippen molar-refractivity contribution in [3.63, 3.8) is 0 Å². The Hall–Kier alpha value is -2.04. The van der Waals surface area contributed by atoms with Gasteiger partial charge in [0, 0.05) is 6.04 Å². The summed E-state index contributed by atoms with van der Waals surface area (Å²) in [5.41, 5.74) is 5.84. The first-order valence-electron chi connectivity index (χ1n) is 4.84. The van der Waals surface area contributed by atoms with Gasteiger partial charge in [-0.2, -0.15) is 5.26 Å². The third-order valence-electron chi connectivity index (χ3n) is 2.43. The highest BCUT2D eigenvalue weighted by Gasteiger charge is 2.26. The average Bonchev–Trinajstić information content (AvgIpc) is 2.74. The predicted octanol–water partition coefficient (Wildman–Crippen LogP) is 1.66. The molecule has 1 aromatic carbocycles. The number of fused-ring (bicyclic) bond motifs is 1. The molecule has 0 fully saturated rings. The minimum Gasteiger partial charge on any atom is -0.454 e. The lowest BCUT2D eigenvalue weighted by Gasteiger charge is -2.09. The minimum absolute atomic E-state index is 0. The zero-order valence-corrected chi connectivity index (χ0v) is 9.98. The zero-order valence-electron chi connectivity index (χ0n) is 9.16. The maximum atomic E-state index is 10.9. The molecule has 0 radical (unpaired) electrons. The Labute approximate surface area is 109 Å². The van der Waals surface area contributed by atoms with Crippen molar-refractivity contribution in [2.24, 2.45) is 5.73 Å². The van der Waals surface area contributed by atoms with Crippen LogP contribution in [0.25, 0.3) is 0 Å². The van der Waals surface area contributed by atoms with Gasteiger partial charge in [0.2, 0.25) is 6.79 Å². The fourth-order valence-corrected chi connectivity index (χ4v) is 1.61. The molecule has 0 spiro atoms. The van der Waals surface area contributed by atoms with E-state index in [0.29, 0.717) is 11.5 Å². The van der Waals surface area contributed by atoms with E-state index in [1.807, 2.05) is 6.07 Å². The van der Waals surface area contributed by atoms with E-state index in [-0.39, 0.29) is 36.9 Å². The highest BCUT2D eigenvalue weighted by atomic mass is 35.5. The summed E-state index contributed by atoms with van der Waals surface area (Å²) in [6, 6.07) is 3.90. The Morgan fingerprint density at radius 2 is 2.11 bits per heavy atom. The second-order valence-electron chi connectivity index (χ2n) is 3.49. The largest absolute Gasteiger partial charge is 0.454 e. The van der Waals surface area contributed by atoms with Crippen molar-refractivity contribution in [2.45, 2.75) is 12.5 Å². The molecular formula is C10H10ClN3O4. The molecule has 0 amide bonds. The van der Waals surface area contributed by atoms with Gasteiger partial charge in [-0.25, -0.2) is 0 Å². The second-order valence-corrected chi connectivity index (χ2v) is 3.49. The smallest absolute Gasteiger partial charge is 0.278 e. The van der Waals surface area contributed by atoms with Crippen molar-refractivity contribution in [1.82, 2.24) is 0 Å². The molecule has 1 heterocycles. The molecule has 8 heteroatoms. The minimum atomic E-state index is -0.713. The van der Waals surface area contributed by atoms with Gasteiger partial charge >= 0.3 is 0 Å². The molecular weight excluding hydrogens is 262 g/mol. The molecule has 18 heavy (non-hydrogen) atoms. The normalized spacial score (nSPS) is 13.3. The van der Waals surface area contributed by atoms with Crippen LogP contribution in [-0.4, -0.2) is 11.7 Å². The maximum Gasteiger partial charge on any atom is 0.278 e. The highest BCUT2D eigenvalue weighted by Crippen LogP contribution is 2.40. The van der Waals surface area contributed by atoms with Crippen LogP contribution < -0.4 is 15.2 Å². The summed E-state index contributed by atoms with van der Waals surface area (Å²) in [5, 5.41) is 19.5. The van der Waals surface area contributed by atoms with Gasteiger partial charge in [-0.15, -0.1) is 12.4 Å². The van der Waals surface area contributed by atoms with E-state index in [4.69, 9.17) is 20.5 Å². The Morgan fingerprint density at radius 3 is 2.67 bits per heavy atom. The number of nitriles is 1. The van der Waals surface area contributed by atoms with Crippen LogP contribution >= 0.6 is 12.4 Å². The van der Waals surface area contributed by atoms with Crippen molar-refractivity contribution in [3.05, 3.63) is 27.8 Å². The van der Waals surface area contributed by atoms with E-state index in [9.17, 15) is 10.1 Å². The summed E-state index contributed by atoms with van der Waals surface area (Å²) in [5.74, 6) is 0.739.